The molecule has 1 nitrogen and oxygen atoms in total. The zero-order valence-corrected chi connectivity index (χ0v) is 16.4. The molecule has 0 atom stereocenters. The Bertz CT molecular complexity index is 175. The number of rotatable bonds is 9. The van der Waals surface area contributed by atoms with E-state index in [4.69, 9.17) is 12.2 Å². The van der Waals surface area contributed by atoms with Gasteiger partial charge >= 0.3 is 0 Å². The van der Waals surface area contributed by atoms with Crippen molar-refractivity contribution < 1.29 is 19.5 Å². The maximum atomic E-state index is 5.24. The Morgan fingerprint density at radius 1 is 1.18 bits per heavy atom. The summed E-state index contributed by atoms with van der Waals surface area (Å²) in [7, 11) is 0. The maximum Gasteiger partial charge on any atom is 0.133 e. The van der Waals surface area contributed by atoms with Crippen molar-refractivity contribution >= 4 is 28.3 Å². The molecule has 98 valence electrons. The fourth-order valence-electron chi connectivity index (χ4n) is 1.41. The van der Waals surface area contributed by atoms with Crippen LogP contribution in [0.3, 0.4) is 0 Å². The molecule has 0 aromatic carbocycles. The van der Waals surface area contributed by atoms with E-state index < -0.39 is 0 Å². The Kier molecular flexibility index (Phi) is 17.7. The first kappa shape index (κ1) is 20.2. The molecule has 4 heteroatoms. The first-order valence-corrected chi connectivity index (χ1v) is 7.96. The summed E-state index contributed by atoms with van der Waals surface area (Å²) in [6, 6.07) is 0. The third-order valence-corrected chi connectivity index (χ3v) is 3.86. The van der Waals surface area contributed by atoms with E-state index in [-0.39, 0.29) is 19.5 Å². The van der Waals surface area contributed by atoms with Gasteiger partial charge < -0.3 is 5.32 Å². The van der Waals surface area contributed by atoms with Crippen LogP contribution in [-0.4, -0.2) is 16.6 Å². The van der Waals surface area contributed by atoms with E-state index in [1.807, 2.05) is 0 Å². The normalized spacial score (nSPS) is 10.1. The molecule has 0 unspecified atom stereocenters. The summed E-state index contributed by atoms with van der Waals surface area (Å²) in [5.74, 6) is 2.03. The molecule has 0 aromatic rings. The third-order valence-electron chi connectivity index (χ3n) is 2.46. The molecule has 0 fully saturated rings. The molecule has 0 rings (SSSR count). The van der Waals surface area contributed by atoms with Gasteiger partial charge in [-0.3, -0.25) is 0 Å². The zero-order valence-electron chi connectivity index (χ0n) is 11.8. The molecule has 17 heavy (non-hydrogen) atoms. The fourth-order valence-corrected chi connectivity index (χ4v) is 2.50. The minimum Gasteiger partial charge on any atom is -0.371 e. The second-order valence-corrected chi connectivity index (χ2v) is 6.43. The molecule has 0 saturated heterocycles. The van der Waals surface area contributed by atoms with E-state index in [9.17, 15) is 0 Å². The van der Waals surface area contributed by atoms with Crippen LogP contribution < -0.4 is 5.32 Å². The average Bonchev–Trinajstić information content (AvgIpc) is 2.23. The molecular formula is C13H27NS2Zn. The molecule has 0 spiro atoms. The minimum absolute atomic E-state index is 0. The largest absolute Gasteiger partial charge is 0.371 e. The molecule has 1 N–H and O–H groups in total. The summed E-state index contributed by atoms with van der Waals surface area (Å²) in [4.78, 5) is 0. The smallest absolute Gasteiger partial charge is 0.133 e. The van der Waals surface area contributed by atoms with Crippen LogP contribution in [0, 0.1) is 5.92 Å². The minimum atomic E-state index is 0. The quantitative estimate of drug-likeness (QED) is 0.377. The number of hydrogen-bond donors (Lipinski definition) is 1. The summed E-state index contributed by atoms with van der Waals surface area (Å²) in [6.07, 6.45) is 7.83. The van der Waals surface area contributed by atoms with Gasteiger partial charge in [0.2, 0.25) is 0 Å². The SMILES string of the molecule is CCCCNC(=S)SCCCCCC(C)C.[Zn]. The van der Waals surface area contributed by atoms with Crippen molar-refractivity contribution in [2.24, 2.45) is 5.92 Å². The average molecular weight is 327 g/mol. The van der Waals surface area contributed by atoms with Crippen LogP contribution in [0.5, 0.6) is 0 Å². The molecule has 0 radical (unpaired) electrons. The molecule has 0 aromatic heterocycles. The fraction of sp³-hybridized carbons (Fsp3) is 0.923. The predicted molar refractivity (Wildman–Crippen MR) is 81.3 cm³/mol. The molecule has 0 heterocycles. The molecule has 0 aliphatic heterocycles. The Labute approximate surface area is 130 Å². The van der Waals surface area contributed by atoms with Gasteiger partial charge in [0, 0.05) is 31.8 Å². The molecule has 0 saturated carbocycles. The van der Waals surface area contributed by atoms with Gasteiger partial charge in [-0.2, -0.15) is 0 Å². The Balaban J connectivity index is 0. The maximum absolute atomic E-state index is 5.24. The van der Waals surface area contributed by atoms with Crippen molar-refractivity contribution in [3.8, 4) is 0 Å². The van der Waals surface area contributed by atoms with E-state index in [1.54, 1.807) is 11.8 Å². The van der Waals surface area contributed by atoms with Crippen molar-refractivity contribution in [3.63, 3.8) is 0 Å². The Hall–Kier alpha value is 0.863. The van der Waals surface area contributed by atoms with Crippen molar-refractivity contribution in [2.45, 2.75) is 59.3 Å². The van der Waals surface area contributed by atoms with Crippen LogP contribution in [0.4, 0.5) is 0 Å². The van der Waals surface area contributed by atoms with E-state index in [1.165, 1.54) is 44.3 Å². The molecule has 0 aliphatic rings. The first-order valence-electron chi connectivity index (χ1n) is 6.57. The van der Waals surface area contributed by atoms with Gasteiger partial charge in [0.05, 0.1) is 0 Å². The first-order chi connectivity index (χ1) is 7.66. The van der Waals surface area contributed by atoms with Gasteiger partial charge in [0.1, 0.15) is 4.32 Å². The number of hydrogen-bond acceptors (Lipinski definition) is 2. The Morgan fingerprint density at radius 3 is 2.47 bits per heavy atom. The molecule has 0 amide bonds. The number of thioether (sulfide) groups is 1. The van der Waals surface area contributed by atoms with Crippen molar-refractivity contribution in [1.29, 1.82) is 0 Å². The summed E-state index contributed by atoms with van der Waals surface area (Å²) in [6.45, 7) is 7.82. The number of unbranched alkanes of at least 4 members (excludes halogenated alkanes) is 3. The van der Waals surface area contributed by atoms with E-state index in [2.05, 4.69) is 26.1 Å². The topological polar surface area (TPSA) is 12.0 Å². The van der Waals surface area contributed by atoms with Gasteiger partial charge in [0.15, 0.2) is 0 Å². The van der Waals surface area contributed by atoms with Gasteiger partial charge in [-0.25, -0.2) is 0 Å². The van der Waals surface area contributed by atoms with Gasteiger partial charge in [-0.1, -0.05) is 70.4 Å². The van der Waals surface area contributed by atoms with E-state index >= 15 is 0 Å². The molecule has 0 bridgehead atoms. The molecular weight excluding hydrogens is 300 g/mol. The van der Waals surface area contributed by atoms with Gasteiger partial charge in [0.25, 0.3) is 0 Å². The summed E-state index contributed by atoms with van der Waals surface area (Å²) in [5, 5.41) is 3.29. The summed E-state index contributed by atoms with van der Waals surface area (Å²) >= 11 is 7.04. The van der Waals surface area contributed by atoms with Gasteiger partial charge in [-0.05, 0) is 18.8 Å². The van der Waals surface area contributed by atoms with Crippen molar-refractivity contribution in [3.05, 3.63) is 0 Å². The monoisotopic (exact) mass is 325 g/mol. The zero-order chi connectivity index (χ0) is 12.2. The van der Waals surface area contributed by atoms with Crippen LogP contribution in [-0.2, 0) is 19.5 Å². The second kappa shape index (κ2) is 14.9. The van der Waals surface area contributed by atoms with Crippen LogP contribution in [0.15, 0.2) is 0 Å². The summed E-state index contributed by atoms with van der Waals surface area (Å²) in [5.41, 5.74) is 0. The standard InChI is InChI=1S/C13H27NS2.Zn/c1-4-5-10-14-13(15)16-11-8-6-7-9-12(2)3;/h12H,4-11H2,1-3H3,(H,14,15);. The predicted octanol–water partition coefficient (Wildman–Crippen LogP) is 4.61. The van der Waals surface area contributed by atoms with E-state index in [0.717, 1.165) is 16.8 Å². The van der Waals surface area contributed by atoms with Crippen LogP contribution in [0.1, 0.15) is 59.3 Å². The van der Waals surface area contributed by atoms with E-state index in [0.29, 0.717) is 0 Å². The molecule has 0 aliphatic carbocycles. The van der Waals surface area contributed by atoms with Crippen LogP contribution in [0.2, 0.25) is 0 Å². The number of thiocarbonyl (C=S) groups is 1. The van der Waals surface area contributed by atoms with Crippen molar-refractivity contribution in [2.75, 3.05) is 12.3 Å². The van der Waals surface area contributed by atoms with Crippen LogP contribution in [0.25, 0.3) is 0 Å². The third kappa shape index (κ3) is 16.9. The Morgan fingerprint density at radius 2 is 1.88 bits per heavy atom. The second-order valence-electron chi connectivity index (χ2n) is 4.66. The summed E-state index contributed by atoms with van der Waals surface area (Å²) < 4.78 is 0.984. The van der Waals surface area contributed by atoms with Crippen molar-refractivity contribution in [1.82, 2.24) is 5.32 Å². The van der Waals surface area contributed by atoms with Crippen LogP contribution >= 0.6 is 24.0 Å². The number of nitrogens with one attached hydrogen (secondary N) is 1. The van der Waals surface area contributed by atoms with Gasteiger partial charge in [-0.15, -0.1) is 0 Å².